The van der Waals surface area contributed by atoms with Crippen LogP contribution in [0.25, 0.3) is 11.3 Å². The van der Waals surface area contributed by atoms with Gasteiger partial charge in [0.1, 0.15) is 12.4 Å². The molecular formula is C26H35F3N2O4. The molecule has 2 aromatic rings. The molecule has 0 aliphatic heterocycles. The van der Waals surface area contributed by atoms with E-state index in [2.05, 4.69) is 21.9 Å². The van der Waals surface area contributed by atoms with Gasteiger partial charge in [-0.1, -0.05) is 52.4 Å². The summed E-state index contributed by atoms with van der Waals surface area (Å²) in [5.41, 5.74) is 1.33. The highest BCUT2D eigenvalue weighted by Gasteiger charge is 2.43. The van der Waals surface area contributed by atoms with Crippen LogP contribution in [-0.2, 0) is 9.53 Å². The Kier molecular flexibility index (Phi) is 12.3. The van der Waals surface area contributed by atoms with E-state index >= 15 is 0 Å². The van der Waals surface area contributed by atoms with Crippen LogP contribution in [0.2, 0.25) is 0 Å². The van der Waals surface area contributed by atoms with Gasteiger partial charge >= 0.3 is 12.1 Å². The molecule has 0 N–H and O–H groups in total. The average molecular weight is 497 g/mol. The van der Waals surface area contributed by atoms with E-state index in [0.29, 0.717) is 18.7 Å². The quantitative estimate of drug-likeness (QED) is 0.185. The fourth-order valence-electron chi connectivity index (χ4n) is 3.26. The molecule has 9 heteroatoms. The molecule has 0 fully saturated rings. The number of halogens is 3. The van der Waals surface area contributed by atoms with Crippen molar-refractivity contribution in [2.45, 2.75) is 83.9 Å². The van der Waals surface area contributed by atoms with Crippen LogP contribution >= 0.6 is 0 Å². The number of alkyl halides is 3. The summed E-state index contributed by atoms with van der Waals surface area (Å²) < 4.78 is 55.2. The number of carbonyl (C=O) groups excluding carboxylic acids is 1. The maximum atomic E-state index is 13.2. The van der Waals surface area contributed by atoms with Crippen LogP contribution < -0.4 is 9.47 Å². The Hall–Kier alpha value is -2.84. The van der Waals surface area contributed by atoms with E-state index in [9.17, 15) is 18.0 Å². The summed E-state index contributed by atoms with van der Waals surface area (Å²) in [5, 5.41) is 7.87. The van der Waals surface area contributed by atoms with Crippen molar-refractivity contribution in [3.63, 3.8) is 0 Å². The lowest BCUT2D eigenvalue weighted by Crippen LogP contribution is -2.38. The Bertz CT molecular complexity index is 858. The topological polar surface area (TPSA) is 70.5 Å². The number of ether oxygens (including phenoxy) is 3. The standard InChI is InChI=1S/C26H35F3N2O4/c1-3-5-7-8-10-18-33-21-14-12-20(13-15-21)22-16-17-24(31-30-22)34-19-23(26(27,28)29)35-25(32)11-9-6-4-2/h12-17,23H,3-11,18-19H2,1-2H3. The van der Waals surface area contributed by atoms with Crippen molar-refractivity contribution in [2.24, 2.45) is 0 Å². The molecule has 1 atom stereocenters. The van der Waals surface area contributed by atoms with Gasteiger partial charge in [-0.15, -0.1) is 10.2 Å². The van der Waals surface area contributed by atoms with Crippen molar-refractivity contribution in [1.82, 2.24) is 10.2 Å². The van der Waals surface area contributed by atoms with Crippen molar-refractivity contribution < 1.29 is 32.2 Å². The normalized spacial score (nSPS) is 12.3. The predicted octanol–water partition coefficient (Wildman–Crippen LogP) is 6.93. The van der Waals surface area contributed by atoms with Crippen LogP contribution in [0.1, 0.15) is 71.6 Å². The molecule has 0 spiro atoms. The summed E-state index contributed by atoms with van der Waals surface area (Å²) in [6.07, 6.45) is 0.767. The average Bonchev–Trinajstić information content (AvgIpc) is 2.84. The molecule has 2 rings (SSSR count). The second-order valence-corrected chi connectivity index (χ2v) is 8.33. The van der Waals surface area contributed by atoms with Gasteiger partial charge in [0.2, 0.25) is 12.0 Å². The van der Waals surface area contributed by atoms with Gasteiger partial charge < -0.3 is 14.2 Å². The Balaban J connectivity index is 1.85. The first-order valence-electron chi connectivity index (χ1n) is 12.3. The lowest BCUT2D eigenvalue weighted by Gasteiger charge is -2.20. The number of unbranched alkanes of at least 4 members (excludes halogenated alkanes) is 6. The van der Waals surface area contributed by atoms with E-state index in [1.54, 1.807) is 6.07 Å². The Morgan fingerprint density at radius 2 is 1.54 bits per heavy atom. The van der Waals surface area contributed by atoms with Gasteiger partial charge in [-0.3, -0.25) is 4.79 Å². The number of hydrogen-bond acceptors (Lipinski definition) is 6. The monoisotopic (exact) mass is 496 g/mol. The SMILES string of the molecule is CCCCCCCOc1ccc(-c2ccc(OCC(OC(=O)CCCCC)C(F)(F)F)nn2)cc1. The van der Waals surface area contributed by atoms with Crippen molar-refractivity contribution in [3.05, 3.63) is 36.4 Å². The lowest BCUT2D eigenvalue weighted by molar-refractivity contribution is -0.227. The first-order valence-corrected chi connectivity index (χ1v) is 12.3. The van der Waals surface area contributed by atoms with E-state index in [1.807, 2.05) is 31.2 Å². The highest BCUT2D eigenvalue weighted by Crippen LogP contribution is 2.25. The fourth-order valence-corrected chi connectivity index (χ4v) is 3.26. The van der Waals surface area contributed by atoms with Gasteiger partial charge in [0, 0.05) is 18.1 Å². The molecule has 35 heavy (non-hydrogen) atoms. The minimum atomic E-state index is -4.74. The molecule has 0 aliphatic carbocycles. The Labute approximate surface area is 205 Å². The van der Waals surface area contributed by atoms with E-state index < -0.39 is 24.9 Å². The van der Waals surface area contributed by atoms with Crippen molar-refractivity contribution in [2.75, 3.05) is 13.2 Å². The number of hydrogen-bond donors (Lipinski definition) is 0. The Morgan fingerprint density at radius 1 is 0.857 bits per heavy atom. The zero-order valence-electron chi connectivity index (χ0n) is 20.5. The smallest absolute Gasteiger partial charge is 0.428 e. The fraction of sp³-hybridized carbons (Fsp3) is 0.577. The molecule has 1 unspecified atom stereocenters. The van der Waals surface area contributed by atoms with Gasteiger partial charge in [-0.2, -0.15) is 13.2 Å². The second-order valence-electron chi connectivity index (χ2n) is 8.33. The zero-order valence-corrected chi connectivity index (χ0v) is 20.5. The molecule has 1 aromatic carbocycles. The first-order chi connectivity index (χ1) is 16.8. The molecule has 0 radical (unpaired) electrons. The van der Waals surface area contributed by atoms with Crippen molar-refractivity contribution in [1.29, 1.82) is 0 Å². The third-order valence-corrected chi connectivity index (χ3v) is 5.31. The van der Waals surface area contributed by atoms with Gasteiger partial charge in [-0.25, -0.2) is 0 Å². The Morgan fingerprint density at radius 3 is 2.17 bits per heavy atom. The van der Waals surface area contributed by atoms with E-state index in [4.69, 9.17) is 9.47 Å². The zero-order chi connectivity index (χ0) is 25.5. The van der Waals surface area contributed by atoms with Gasteiger partial charge in [0.05, 0.1) is 12.3 Å². The summed E-state index contributed by atoms with van der Waals surface area (Å²) in [6.45, 7) is 3.90. The third-order valence-electron chi connectivity index (χ3n) is 5.31. The highest BCUT2D eigenvalue weighted by molar-refractivity contribution is 5.69. The lowest BCUT2D eigenvalue weighted by atomic mass is 10.1. The number of esters is 1. The molecule has 194 valence electrons. The summed E-state index contributed by atoms with van der Waals surface area (Å²) in [5.74, 6) is -0.220. The van der Waals surface area contributed by atoms with Gasteiger partial charge in [0.15, 0.2) is 0 Å². The largest absolute Gasteiger partial charge is 0.494 e. The predicted molar refractivity (Wildman–Crippen MR) is 127 cm³/mol. The van der Waals surface area contributed by atoms with Crippen LogP contribution in [0, 0.1) is 0 Å². The van der Waals surface area contributed by atoms with Crippen LogP contribution in [-0.4, -0.2) is 41.7 Å². The van der Waals surface area contributed by atoms with Crippen LogP contribution in [0.4, 0.5) is 13.2 Å². The maximum Gasteiger partial charge on any atom is 0.428 e. The summed E-state index contributed by atoms with van der Waals surface area (Å²) in [4.78, 5) is 11.7. The van der Waals surface area contributed by atoms with Crippen LogP contribution in [0.3, 0.4) is 0 Å². The molecule has 1 aromatic heterocycles. The molecule has 0 amide bonds. The third kappa shape index (κ3) is 11.0. The summed E-state index contributed by atoms with van der Waals surface area (Å²) in [7, 11) is 0. The number of benzene rings is 1. The molecule has 0 bridgehead atoms. The number of aromatic nitrogens is 2. The molecule has 0 saturated carbocycles. The number of carbonyl (C=O) groups is 1. The number of nitrogens with zero attached hydrogens (tertiary/aromatic N) is 2. The minimum Gasteiger partial charge on any atom is -0.494 e. The molecular weight excluding hydrogens is 461 g/mol. The number of rotatable bonds is 16. The molecule has 0 saturated heterocycles. The highest BCUT2D eigenvalue weighted by atomic mass is 19.4. The van der Waals surface area contributed by atoms with Gasteiger partial charge in [-0.05, 0) is 43.2 Å². The van der Waals surface area contributed by atoms with E-state index in [-0.39, 0.29) is 12.3 Å². The van der Waals surface area contributed by atoms with E-state index in [0.717, 1.165) is 37.0 Å². The summed E-state index contributed by atoms with van der Waals surface area (Å²) >= 11 is 0. The van der Waals surface area contributed by atoms with Crippen LogP contribution in [0.15, 0.2) is 36.4 Å². The molecule has 6 nitrogen and oxygen atoms in total. The second kappa shape index (κ2) is 15.2. The molecule has 1 heterocycles. The molecule has 0 aliphatic rings. The first kappa shape index (κ1) is 28.4. The van der Waals surface area contributed by atoms with Crippen molar-refractivity contribution >= 4 is 5.97 Å². The van der Waals surface area contributed by atoms with Crippen molar-refractivity contribution in [3.8, 4) is 22.9 Å². The maximum absolute atomic E-state index is 13.2. The minimum absolute atomic E-state index is 0.0578. The van der Waals surface area contributed by atoms with E-state index in [1.165, 1.54) is 25.3 Å². The van der Waals surface area contributed by atoms with Gasteiger partial charge in [0.25, 0.3) is 0 Å². The van der Waals surface area contributed by atoms with Crippen LogP contribution in [0.5, 0.6) is 11.6 Å². The summed E-state index contributed by atoms with van der Waals surface area (Å²) in [6, 6.07) is 10.4.